The quantitative estimate of drug-likeness (QED) is 0.810. The molecule has 0 saturated heterocycles. The van der Waals surface area contributed by atoms with E-state index in [2.05, 4.69) is 5.32 Å². The van der Waals surface area contributed by atoms with Gasteiger partial charge in [0.25, 0.3) is 0 Å². The highest BCUT2D eigenvalue weighted by molar-refractivity contribution is 6.32. The fourth-order valence-electron chi connectivity index (χ4n) is 1.95. The Morgan fingerprint density at radius 1 is 1.35 bits per heavy atom. The third-order valence-electron chi connectivity index (χ3n) is 3.09. The van der Waals surface area contributed by atoms with Gasteiger partial charge in [-0.1, -0.05) is 23.7 Å². The number of amides is 1. The largest absolute Gasteiger partial charge is 0.506 e. The van der Waals surface area contributed by atoms with Crippen molar-refractivity contribution in [1.82, 2.24) is 0 Å². The van der Waals surface area contributed by atoms with E-state index in [-0.39, 0.29) is 5.75 Å². The average Bonchev–Trinajstić information content (AvgIpc) is 2.41. The molecule has 0 aromatic heterocycles. The predicted molar refractivity (Wildman–Crippen MR) is 80.1 cm³/mol. The summed E-state index contributed by atoms with van der Waals surface area (Å²) in [7, 11) is 0. The number of halogens is 1. The van der Waals surface area contributed by atoms with E-state index < -0.39 is 5.91 Å². The molecule has 0 saturated carbocycles. The smallest absolute Gasteiger partial charge is 0.249 e. The molecule has 0 spiro atoms. The van der Waals surface area contributed by atoms with Crippen LogP contribution in [0.2, 0.25) is 5.02 Å². The number of nitrogens with two attached hydrogens (primary N) is 1. The minimum Gasteiger partial charge on any atom is -0.506 e. The number of phenolic OH excluding ortho intramolecular Hbond substituents is 1. The lowest BCUT2D eigenvalue weighted by Crippen LogP contribution is -2.13. The Kier molecular flexibility index (Phi) is 4.15. The van der Waals surface area contributed by atoms with Crippen LogP contribution in [0.3, 0.4) is 0 Å². The van der Waals surface area contributed by atoms with Gasteiger partial charge in [-0.25, -0.2) is 0 Å². The first-order valence-corrected chi connectivity index (χ1v) is 6.47. The molecule has 0 unspecified atom stereocenters. The minimum atomic E-state index is -0.446. The number of phenols is 1. The predicted octanol–water partition coefficient (Wildman–Crippen LogP) is 3.07. The summed E-state index contributed by atoms with van der Waals surface area (Å²) in [4.78, 5) is 11.3. The fraction of sp³-hybridized carbons (Fsp3) is 0.133. The Hall–Kier alpha value is -2.20. The van der Waals surface area contributed by atoms with Gasteiger partial charge in [0, 0.05) is 17.8 Å². The van der Waals surface area contributed by atoms with Gasteiger partial charge < -0.3 is 16.2 Å². The van der Waals surface area contributed by atoms with Crippen molar-refractivity contribution in [2.24, 2.45) is 5.73 Å². The molecule has 1 amide bonds. The Bertz CT molecular complexity index is 656. The van der Waals surface area contributed by atoms with Crippen LogP contribution in [0.5, 0.6) is 5.75 Å². The number of primary amides is 1. The number of hydrogen-bond acceptors (Lipinski definition) is 3. The van der Waals surface area contributed by atoms with E-state index in [1.165, 1.54) is 0 Å². The summed E-state index contributed by atoms with van der Waals surface area (Å²) in [6.07, 6.45) is 0. The molecule has 2 rings (SSSR count). The van der Waals surface area contributed by atoms with Crippen LogP contribution < -0.4 is 11.1 Å². The van der Waals surface area contributed by atoms with Crippen molar-refractivity contribution in [3.63, 3.8) is 0 Å². The normalized spacial score (nSPS) is 10.3. The molecule has 0 aliphatic carbocycles. The van der Waals surface area contributed by atoms with Crippen molar-refractivity contribution in [2.45, 2.75) is 13.5 Å². The highest BCUT2D eigenvalue weighted by atomic mass is 35.5. The van der Waals surface area contributed by atoms with E-state index in [4.69, 9.17) is 17.3 Å². The van der Waals surface area contributed by atoms with E-state index >= 15 is 0 Å². The molecule has 0 atom stereocenters. The molecular formula is C15H15ClN2O2. The summed E-state index contributed by atoms with van der Waals surface area (Å²) in [6.45, 7) is 2.37. The van der Waals surface area contributed by atoms with Crippen molar-refractivity contribution in [2.75, 3.05) is 5.32 Å². The molecule has 0 bridgehead atoms. The Balaban J connectivity index is 2.17. The number of carbonyl (C=O) groups excluding carboxylic acids is 1. The highest BCUT2D eigenvalue weighted by Gasteiger charge is 2.08. The molecule has 20 heavy (non-hydrogen) atoms. The maximum atomic E-state index is 11.3. The zero-order chi connectivity index (χ0) is 14.7. The van der Waals surface area contributed by atoms with Crippen LogP contribution in [0.15, 0.2) is 36.4 Å². The maximum Gasteiger partial charge on any atom is 0.249 e. The first-order chi connectivity index (χ1) is 9.49. The van der Waals surface area contributed by atoms with Crippen LogP contribution >= 0.6 is 11.6 Å². The summed E-state index contributed by atoms with van der Waals surface area (Å²) in [5.41, 5.74) is 8.39. The molecule has 2 aromatic carbocycles. The van der Waals surface area contributed by atoms with E-state index in [9.17, 15) is 9.90 Å². The van der Waals surface area contributed by atoms with Crippen LogP contribution in [0.25, 0.3) is 0 Å². The van der Waals surface area contributed by atoms with Gasteiger partial charge in [-0.2, -0.15) is 0 Å². The van der Waals surface area contributed by atoms with Crippen LogP contribution in [-0.4, -0.2) is 11.0 Å². The number of rotatable bonds is 4. The molecule has 0 aliphatic rings. The van der Waals surface area contributed by atoms with Gasteiger partial charge in [0.15, 0.2) is 0 Å². The first-order valence-electron chi connectivity index (χ1n) is 6.09. The molecule has 4 N–H and O–H groups in total. The summed E-state index contributed by atoms with van der Waals surface area (Å²) in [5, 5.41) is 12.9. The van der Waals surface area contributed by atoms with Crippen LogP contribution in [-0.2, 0) is 6.54 Å². The average molecular weight is 291 g/mol. The van der Waals surface area contributed by atoms with Gasteiger partial charge in [0.2, 0.25) is 5.91 Å². The fourth-order valence-corrected chi connectivity index (χ4v) is 2.15. The van der Waals surface area contributed by atoms with E-state index in [0.717, 1.165) is 16.8 Å². The monoisotopic (exact) mass is 290 g/mol. The number of anilines is 1. The van der Waals surface area contributed by atoms with Gasteiger partial charge in [-0.3, -0.25) is 4.79 Å². The number of carbonyl (C=O) groups is 1. The molecule has 2 aromatic rings. The number of benzene rings is 2. The molecular weight excluding hydrogens is 276 g/mol. The van der Waals surface area contributed by atoms with Crippen LogP contribution in [0.4, 0.5) is 5.69 Å². The third-order valence-corrected chi connectivity index (χ3v) is 3.40. The van der Waals surface area contributed by atoms with Gasteiger partial charge >= 0.3 is 0 Å². The van der Waals surface area contributed by atoms with Gasteiger partial charge in [-0.15, -0.1) is 0 Å². The molecule has 0 aliphatic heterocycles. The standard InChI is InChI=1S/C15H15ClN2O2/c1-9-11(15(17)20)3-2-4-13(9)18-8-10-5-6-14(19)12(16)7-10/h2-7,18-19H,8H2,1H3,(H2,17,20). The SMILES string of the molecule is Cc1c(NCc2ccc(O)c(Cl)c2)cccc1C(N)=O. The summed E-state index contributed by atoms with van der Waals surface area (Å²) in [6, 6.07) is 10.4. The van der Waals surface area contributed by atoms with Crippen molar-refractivity contribution >= 4 is 23.2 Å². The second-order valence-corrected chi connectivity index (χ2v) is 4.89. The Labute approximate surface area is 122 Å². The van der Waals surface area contributed by atoms with Gasteiger partial charge in [-0.05, 0) is 42.3 Å². The van der Waals surface area contributed by atoms with E-state index in [1.54, 1.807) is 30.3 Å². The molecule has 0 heterocycles. The summed E-state index contributed by atoms with van der Waals surface area (Å²) >= 11 is 5.85. The van der Waals surface area contributed by atoms with E-state index in [1.807, 2.05) is 13.0 Å². The van der Waals surface area contributed by atoms with E-state index in [0.29, 0.717) is 17.1 Å². The molecule has 0 fully saturated rings. The molecule has 0 radical (unpaired) electrons. The number of hydrogen-bond donors (Lipinski definition) is 3. The second-order valence-electron chi connectivity index (χ2n) is 4.48. The Morgan fingerprint density at radius 2 is 2.10 bits per heavy atom. The lowest BCUT2D eigenvalue weighted by molar-refractivity contribution is 0.1000. The van der Waals surface area contributed by atoms with Crippen molar-refractivity contribution in [1.29, 1.82) is 0 Å². The van der Waals surface area contributed by atoms with Gasteiger partial charge in [0.1, 0.15) is 5.75 Å². The zero-order valence-corrected chi connectivity index (χ0v) is 11.7. The third kappa shape index (κ3) is 3.03. The summed E-state index contributed by atoms with van der Waals surface area (Å²) in [5.74, 6) is -0.388. The van der Waals surface area contributed by atoms with Crippen molar-refractivity contribution < 1.29 is 9.90 Å². The van der Waals surface area contributed by atoms with Crippen molar-refractivity contribution in [3.05, 3.63) is 58.1 Å². The second kappa shape index (κ2) is 5.84. The lowest BCUT2D eigenvalue weighted by Gasteiger charge is -2.12. The highest BCUT2D eigenvalue weighted by Crippen LogP contribution is 2.25. The Morgan fingerprint density at radius 3 is 2.75 bits per heavy atom. The maximum absolute atomic E-state index is 11.3. The number of nitrogens with one attached hydrogen (secondary N) is 1. The van der Waals surface area contributed by atoms with Crippen LogP contribution in [0, 0.1) is 6.92 Å². The minimum absolute atomic E-state index is 0.0577. The van der Waals surface area contributed by atoms with Crippen LogP contribution in [0.1, 0.15) is 21.5 Å². The topological polar surface area (TPSA) is 75.3 Å². The molecule has 4 nitrogen and oxygen atoms in total. The van der Waals surface area contributed by atoms with Crippen molar-refractivity contribution in [3.8, 4) is 5.75 Å². The zero-order valence-electron chi connectivity index (χ0n) is 11.0. The lowest BCUT2D eigenvalue weighted by atomic mass is 10.1. The summed E-state index contributed by atoms with van der Waals surface area (Å²) < 4.78 is 0. The number of aromatic hydroxyl groups is 1. The van der Waals surface area contributed by atoms with Gasteiger partial charge in [0.05, 0.1) is 5.02 Å². The first kappa shape index (κ1) is 14.2. The molecule has 5 heteroatoms. The molecule has 104 valence electrons.